The summed E-state index contributed by atoms with van der Waals surface area (Å²) in [5.74, 6) is 0.244. The smallest absolute Gasteiger partial charge is 0.238 e. The fourth-order valence-electron chi connectivity index (χ4n) is 2.77. The molecule has 0 aliphatic heterocycles. The molecule has 0 heterocycles. The van der Waals surface area contributed by atoms with Crippen LogP contribution in [0.2, 0.25) is 0 Å². The van der Waals surface area contributed by atoms with E-state index in [0.717, 1.165) is 6.42 Å². The second-order valence-electron chi connectivity index (χ2n) is 6.44. The maximum atomic E-state index is 12.2. The molecule has 4 heteroatoms. The highest BCUT2D eigenvalue weighted by Crippen LogP contribution is 2.22. The Hall–Kier alpha value is -2.64. The minimum atomic E-state index is -0.120. The fourth-order valence-corrected chi connectivity index (χ4v) is 2.77. The second kappa shape index (κ2) is 9.00. The molecule has 0 saturated carbocycles. The van der Waals surface area contributed by atoms with Crippen LogP contribution in [0.5, 0.6) is 0 Å². The van der Waals surface area contributed by atoms with E-state index in [4.69, 9.17) is 5.26 Å². The zero-order valence-electron chi connectivity index (χ0n) is 15.0. The van der Waals surface area contributed by atoms with Crippen molar-refractivity contribution in [3.63, 3.8) is 0 Å². The van der Waals surface area contributed by atoms with Gasteiger partial charge in [0.2, 0.25) is 5.91 Å². The molecule has 0 radical (unpaired) electrons. The number of benzene rings is 2. The Kier molecular flexibility index (Phi) is 6.73. The van der Waals surface area contributed by atoms with Gasteiger partial charge in [-0.3, -0.25) is 4.79 Å². The van der Waals surface area contributed by atoms with Gasteiger partial charge in [0.15, 0.2) is 0 Å². The van der Waals surface area contributed by atoms with Crippen LogP contribution in [0.15, 0.2) is 48.5 Å². The third-order valence-electron chi connectivity index (χ3n) is 4.17. The highest BCUT2D eigenvalue weighted by Gasteiger charge is 2.16. The Morgan fingerprint density at radius 3 is 2.48 bits per heavy atom. The number of nitrogens with one attached hydrogen (secondary N) is 2. The molecule has 2 aromatic carbocycles. The maximum absolute atomic E-state index is 12.2. The lowest BCUT2D eigenvalue weighted by Gasteiger charge is -2.23. The zero-order valence-corrected chi connectivity index (χ0v) is 15.0. The quantitative estimate of drug-likeness (QED) is 0.802. The molecule has 0 spiro atoms. The number of carbonyl (C=O) groups excluding carboxylic acids is 1. The van der Waals surface area contributed by atoms with Crippen LogP contribution < -0.4 is 10.6 Å². The number of hydrogen-bond acceptors (Lipinski definition) is 3. The molecule has 0 bridgehead atoms. The molecular weight excluding hydrogens is 310 g/mol. The van der Waals surface area contributed by atoms with Gasteiger partial charge < -0.3 is 10.6 Å². The van der Waals surface area contributed by atoms with Crippen molar-refractivity contribution in [2.45, 2.75) is 33.2 Å². The van der Waals surface area contributed by atoms with Crippen molar-refractivity contribution < 1.29 is 4.79 Å². The van der Waals surface area contributed by atoms with E-state index in [-0.39, 0.29) is 18.5 Å². The van der Waals surface area contributed by atoms with Crippen LogP contribution in [-0.2, 0) is 11.2 Å². The van der Waals surface area contributed by atoms with E-state index in [1.54, 1.807) is 24.3 Å². The first-order valence-corrected chi connectivity index (χ1v) is 8.65. The topological polar surface area (TPSA) is 64.9 Å². The van der Waals surface area contributed by atoms with Crippen molar-refractivity contribution in [1.82, 2.24) is 5.32 Å². The van der Waals surface area contributed by atoms with Gasteiger partial charge in [0.05, 0.1) is 18.2 Å². The lowest BCUT2D eigenvalue weighted by molar-refractivity contribution is -0.115. The van der Waals surface area contributed by atoms with Gasteiger partial charge in [-0.05, 0) is 41.7 Å². The molecule has 2 aromatic rings. The zero-order chi connectivity index (χ0) is 18.2. The highest BCUT2D eigenvalue weighted by atomic mass is 16.1. The summed E-state index contributed by atoms with van der Waals surface area (Å²) in [6, 6.07) is 17.6. The Balaban J connectivity index is 1.98. The van der Waals surface area contributed by atoms with Crippen LogP contribution in [0.1, 0.15) is 43.5 Å². The number of rotatable bonds is 7. The van der Waals surface area contributed by atoms with Crippen LogP contribution >= 0.6 is 0 Å². The number of anilines is 1. The Morgan fingerprint density at radius 1 is 1.16 bits per heavy atom. The average molecular weight is 335 g/mol. The standard InChI is InChI=1S/C21H25N3O/c1-4-16-8-10-18(11-9-16)21(15(2)3)23-14-20(25)24-19-7-5-6-17(12-19)13-22/h5-12,15,21,23H,4,14H2,1-3H3,(H,24,25)/t21-/m1/s1. The average Bonchev–Trinajstić information content (AvgIpc) is 2.62. The SMILES string of the molecule is CCc1ccc([C@H](NCC(=O)Nc2cccc(C#N)c2)C(C)C)cc1. The summed E-state index contributed by atoms with van der Waals surface area (Å²) in [7, 11) is 0. The van der Waals surface area contributed by atoms with E-state index in [1.165, 1.54) is 11.1 Å². The van der Waals surface area contributed by atoms with Gasteiger partial charge in [-0.1, -0.05) is 51.1 Å². The van der Waals surface area contributed by atoms with E-state index in [2.05, 4.69) is 61.7 Å². The molecule has 0 unspecified atom stereocenters. The predicted octanol–water partition coefficient (Wildman–Crippen LogP) is 4.05. The molecule has 0 fully saturated rings. The largest absolute Gasteiger partial charge is 0.325 e. The van der Waals surface area contributed by atoms with Crippen molar-refractivity contribution >= 4 is 11.6 Å². The van der Waals surface area contributed by atoms with Gasteiger partial charge in [0.1, 0.15) is 0 Å². The van der Waals surface area contributed by atoms with E-state index in [1.807, 2.05) is 0 Å². The summed E-state index contributed by atoms with van der Waals surface area (Å²) in [6.45, 7) is 6.63. The number of aryl methyl sites for hydroxylation is 1. The Bertz CT molecular complexity index is 744. The van der Waals surface area contributed by atoms with Gasteiger partial charge >= 0.3 is 0 Å². The van der Waals surface area contributed by atoms with Crippen LogP contribution in [0.25, 0.3) is 0 Å². The van der Waals surface area contributed by atoms with Crippen molar-refractivity contribution in [2.75, 3.05) is 11.9 Å². The minimum Gasteiger partial charge on any atom is -0.325 e. The van der Waals surface area contributed by atoms with E-state index in [9.17, 15) is 4.79 Å². The van der Waals surface area contributed by atoms with Crippen LogP contribution in [-0.4, -0.2) is 12.5 Å². The molecule has 2 rings (SSSR count). The van der Waals surface area contributed by atoms with Crippen molar-refractivity contribution in [1.29, 1.82) is 5.26 Å². The van der Waals surface area contributed by atoms with Crippen molar-refractivity contribution in [2.24, 2.45) is 5.92 Å². The summed E-state index contributed by atoms with van der Waals surface area (Å²) in [6.07, 6.45) is 1.02. The molecule has 1 atom stereocenters. The number of carbonyl (C=O) groups is 1. The molecule has 4 nitrogen and oxygen atoms in total. The number of nitrogens with zero attached hydrogens (tertiary/aromatic N) is 1. The third-order valence-corrected chi connectivity index (χ3v) is 4.17. The molecule has 0 aromatic heterocycles. The Morgan fingerprint density at radius 2 is 1.88 bits per heavy atom. The first-order chi connectivity index (χ1) is 12.0. The van der Waals surface area contributed by atoms with Gasteiger partial charge in [0.25, 0.3) is 0 Å². The number of hydrogen-bond donors (Lipinski definition) is 2. The van der Waals surface area contributed by atoms with Gasteiger partial charge in [-0.25, -0.2) is 0 Å². The van der Waals surface area contributed by atoms with Crippen molar-refractivity contribution in [3.05, 3.63) is 65.2 Å². The molecule has 2 N–H and O–H groups in total. The fraction of sp³-hybridized carbons (Fsp3) is 0.333. The molecule has 0 saturated heterocycles. The summed E-state index contributed by atoms with van der Waals surface area (Å²) in [5, 5.41) is 15.1. The molecule has 0 aliphatic carbocycles. The Labute approximate surface area is 149 Å². The van der Waals surface area contributed by atoms with Gasteiger partial charge in [0, 0.05) is 11.7 Å². The van der Waals surface area contributed by atoms with Crippen LogP contribution in [0.3, 0.4) is 0 Å². The molecule has 1 amide bonds. The minimum absolute atomic E-state index is 0.113. The first-order valence-electron chi connectivity index (χ1n) is 8.65. The summed E-state index contributed by atoms with van der Waals surface area (Å²) in [5.41, 5.74) is 3.66. The lowest BCUT2D eigenvalue weighted by Crippen LogP contribution is -2.33. The number of amides is 1. The summed E-state index contributed by atoms with van der Waals surface area (Å²) >= 11 is 0. The van der Waals surface area contributed by atoms with Gasteiger partial charge in [-0.2, -0.15) is 5.26 Å². The maximum Gasteiger partial charge on any atom is 0.238 e. The molecule has 0 aliphatic rings. The number of nitriles is 1. The monoisotopic (exact) mass is 335 g/mol. The van der Waals surface area contributed by atoms with Crippen molar-refractivity contribution in [3.8, 4) is 6.07 Å². The van der Waals surface area contributed by atoms with Gasteiger partial charge in [-0.15, -0.1) is 0 Å². The molecule has 25 heavy (non-hydrogen) atoms. The predicted molar refractivity (Wildman–Crippen MR) is 101 cm³/mol. The van der Waals surface area contributed by atoms with E-state index >= 15 is 0 Å². The normalized spacial score (nSPS) is 11.8. The lowest BCUT2D eigenvalue weighted by atomic mass is 9.95. The molecule has 130 valence electrons. The summed E-state index contributed by atoms with van der Waals surface area (Å²) in [4.78, 5) is 12.2. The van der Waals surface area contributed by atoms with Crippen LogP contribution in [0, 0.1) is 17.2 Å². The summed E-state index contributed by atoms with van der Waals surface area (Å²) < 4.78 is 0. The van der Waals surface area contributed by atoms with Crippen LogP contribution in [0.4, 0.5) is 5.69 Å². The van der Waals surface area contributed by atoms with E-state index in [0.29, 0.717) is 17.2 Å². The third kappa shape index (κ3) is 5.44. The first kappa shape index (κ1) is 18.7. The molecular formula is C21H25N3O. The second-order valence-corrected chi connectivity index (χ2v) is 6.44. The highest BCUT2D eigenvalue weighted by molar-refractivity contribution is 5.92. The van der Waals surface area contributed by atoms with E-state index < -0.39 is 0 Å².